The van der Waals surface area contributed by atoms with Gasteiger partial charge in [-0.1, -0.05) is 0 Å². The lowest BCUT2D eigenvalue weighted by molar-refractivity contribution is 0.0698. The quantitative estimate of drug-likeness (QED) is 0.812. The van der Waals surface area contributed by atoms with Crippen molar-refractivity contribution in [3.8, 4) is 0 Å². The number of nitrogens with one attached hydrogen (secondary N) is 1. The second kappa shape index (κ2) is 5.63. The zero-order valence-electron chi connectivity index (χ0n) is 9.56. The van der Waals surface area contributed by atoms with E-state index in [1.54, 1.807) is 6.20 Å². The van der Waals surface area contributed by atoms with Crippen molar-refractivity contribution < 1.29 is 14.6 Å². The standard InChI is InChI=1S/C12H16N2O3/c15-12(16)10-2-4-13-7-11(10)14-5-1-9-3-6-17-8-9/h2,4,7,9,14H,1,3,5-6,8H2,(H,15,16). The number of nitrogens with zero attached hydrogens (tertiary/aromatic N) is 1. The molecule has 1 fully saturated rings. The molecule has 92 valence electrons. The molecule has 2 heterocycles. The van der Waals surface area contributed by atoms with Crippen LogP contribution in [0.15, 0.2) is 18.5 Å². The topological polar surface area (TPSA) is 71.5 Å². The van der Waals surface area contributed by atoms with Gasteiger partial charge in [0.05, 0.1) is 17.4 Å². The van der Waals surface area contributed by atoms with E-state index in [0.717, 1.165) is 32.6 Å². The molecule has 5 nitrogen and oxygen atoms in total. The summed E-state index contributed by atoms with van der Waals surface area (Å²) in [4.78, 5) is 14.9. The summed E-state index contributed by atoms with van der Waals surface area (Å²) >= 11 is 0. The minimum Gasteiger partial charge on any atom is -0.478 e. The number of aromatic carboxylic acids is 1. The number of hydrogen-bond donors (Lipinski definition) is 2. The van der Waals surface area contributed by atoms with Crippen LogP contribution in [0.3, 0.4) is 0 Å². The van der Waals surface area contributed by atoms with E-state index in [4.69, 9.17) is 9.84 Å². The van der Waals surface area contributed by atoms with Gasteiger partial charge < -0.3 is 15.2 Å². The number of rotatable bonds is 5. The first-order valence-corrected chi connectivity index (χ1v) is 5.76. The Morgan fingerprint density at radius 1 is 1.65 bits per heavy atom. The highest BCUT2D eigenvalue weighted by molar-refractivity contribution is 5.93. The number of carboxylic acid groups (broad SMARTS) is 1. The van der Waals surface area contributed by atoms with E-state index < -0.39 is 5.97 Å². The van der Waals surface area contributed by atoms with Crippen LogP contribution in [0.4, 0.5) is 5.69 Å². The largest absolute Gasteiger partial charge is 0.478 e. The summed E-state index contributed by atoms with van der Waals surface area (Å²) in [5.41, 5.74) is 0.849. The highest BCUT2D eigenvalue weighted by Crippen LogP contribution is 2.18. The first-order chi connectivity index (χ1) is 8.27. The Morgan fingerprint density at radius 2 is 2.53 bits per heavy atom. The Bertz CT molecular complexity index is 389. The molecule has 1 aromatic heterocycles. The van der Waals surface area contributed by atoms with Crippen molar-refractivity contribution in [2.45, 2.75) is 12.8 Å². The first kappa shape index (κ1) is 11.9. The van der Waals surface area contributed by atoms with Gasteiger partial charge in [0.2, 0.25) is 0 Å². The first-order valence-electron chi connectivity index (χ1n) is 5.76. The molecule has 1 atom stereocenters. The molecule has 1 aliphatic heterocycles. The summed E-state index contributed by atoms with van der Waals surface area (Å²) in [5, 5.41) is 12.1. The van der Waals surface area contributed by atoms with E-state index in [1.165, 1.54) is 12.3 Å². The molecule has 0 saturated carbocycles. The summed E-state index contributed by atoms with van der Waals surface area (Å²) < 4.78 is 5.29. The Labute approximate surface area is 99.8 Å². The molecule has 1 unspecified atom stereocenters. The van der Waals surface area contributed by atoms with Crippen LogP contribution in [0.1, 0.15) is 23.2 Å². The van der Waals surface area contributed by atoms with Crippen LogP contribution in [-0.2, 0) is 4.74 Å². The normalized spacial score (nSPS) is 19.2. The highest BCUT2D eigenvalue weighted by atomic mass is 16.5. The highest BCUT2D eigenvalue weighted by Gasteiger charge is 2.15. The van der Waals surface area contributed by atoms with Crippen molar-refractivity contribution in [2.75, 3.05) is 25.1 Å². The molecular formula is C12H16N2O3. The van der Waals surface area contributed by atoms with Gasteiger partial charge in [0.1, 0.15) is 0 Å². The molecular weight excluding hydrogens is 220 g/mol. The van der Waals surface area contributed by atoms with Gasteiger partial charge >= 0.3 is 5.97 Å². The number of aromatic nitrogens is 1. The van der Waals surface area contributed by atoms with Crippen molar-refractivity contribution in [3.63, 3.8) is 0 Å². The van der Waals surface area contributed by atoms with Crippen molar-refractivity contribution in [3.05, 3.63) is 24.0 Å². The van der Waals surface area contributed by atoms with E-state index >= 15 is 0 Å². The molecule has 1 aromatic rings. The maximum Gasteiger partial charge on any atom is 0.337 e. The zero-order chi connectivity index (χ0) is 12.1. The van der Waals surface area contributed by atoms with E-state index in [-0.39, 0.29) is 5.56 Å². The fourth-order valence-electron chi connectivity index (χ4n) is 1.94. The Balaban J connectivity index is 1.87. The average molecular weight is 236 g/mol. The van der Waals surface area contributed by atoms with Crippen molar-refractivity contribution in [2.24, 2.45) is 5.92 Å². The fourth-order valence-corrected chi connectivity index (χ4v) is 1.94. The third kappa shape index (κ3) is 3.17. The number of hydrogen-bond acceptors (Lipinski definition) is 4. The van der Waals surface area contributed by atoms with Gasteiger partial charge in [-0.15, -0.1) is 0 Å². The minimum atomic E-state index is -0.931. The van der Waals surface area contributed by atoms with Gasteiger partial charge in [-0.05, 0) is 24.8 Å². The Kier molecular flexibility index (Phi) is 3.93. The van der Waals surface area contributed by atoms with Crippen LogP contribution < -0.4 is 5.32 Å². The van der Waals surface area contributed by atoms with Crippen LogP contribution in [0, 0.1) is 5.92 Å². The summed E-state index contributed by atoms with van der Waals surface area (Å²) in [6.45, 7) is 2.42. The van der Waals surface area contributed by atoms with Crippen LogP contribution >= 0.6 is 0 Å². The Morgan fingerprint density at radius 3 is 3.24 bits per heavy atom. The van der Waals surface area contributed by atoms with Crippen molar-refractivity contribution in [1.29, 1.82) is 0 Å². The smallest absolute Gasteiger partial charge is 0.337 e. The second-order valence-corrected chi connectivity index (χ2v) is 4.17. The molecule has 2 N–H and O–H groups in total. The molecule has 2 rings (SSSR count). The molecule has 1 aliphatic rings. The van der Waals surface area contributed by atoms with Crippen LogP contribution in [0.25, 0.3) is 0 Å². The minimum absolute atomic E-state index is 0.266. The molecule has 0 spiro atoms. The van der Waals surface area contributed by atoms with Crippen molar-refractivity contribution >= 4 is 11.7 Å². The van der Waals surface area contributed by atoms with Gasteiger partial charge in [-0.25, -0.2) is 4.79 Å². The summed E-state index contributed by atoms with van der Waals surface area (Å²) in [6, 6.07) is 1.50. The van der Waals surface area contributed by atoms with Gasteiger partial charge in [-0.3, -0.25) is 4.98 Å². The van der Waals surface area contributed by atoms with Crippen LogP contribution in [0.2, 0.25) is 0 Å². The molecule has 0 bridgehead atoms. The predicted octanol–water partition coefficient (Wildman–Crippen LogP) is 1.62. The lowest BCUT2D eigenvalue weighted by Crippen LogP contribution is -2.12. The Hall–Kier alpha value is -1.62. The third-order valence-electron chi connectivity index (χ3n) is 2.94. The number of carbonyl (C=O) groups is 1. The third-order valence-corrected chi connectivity index (χ3v) is 2.94. The predicted molar refractivity (Wildman–Crippen MR) is 63.2 cm³/mol. The fraction of sp³-hybridized carbons (Fsp3) is 0.500. The number of ether oxygens (including phenoxy) is 1. The number of pyridine rings is 1. The van der Waals surface area contributed by atoms with Crippen LogP contribution in [-0.4, -0.2) is 35.8 Å². The zero-order valence-corrected chi connectivity index (χ0v) is 9.56. The van der Waals surface area contributed by atoms with E-state index in [0.29, 0.717) is 11.6 Å². The lowest BCUT2D eigenvalue weighted by atomic mass is 10.1. The molecule has 5 heteroatoms. The molecule has 0 aromatic carbocycles. The van der Waals surface area contributed by atoms with Gasteiger partial charge in [0, 0.05) is 26.0 Å². The SMILES string of the molecule is O=C(O)c1ccncc1NCCC1CCOC1. The summed E-state index contributed by atoms with van der Waals surface area (Å²) in [6.07, 6.45) is 5.13. The van der Waals surface area contributed by atoms with E-state index in [1.807, 2.05) is 0 Å². The van der Waals surface area contributed by atoms with Gasteiger partial charge in [0.25, 0.3) is 0 Å². The van der Waals surface area contributed by atoms with E-state index in [2.05, 4.69) is 10.3 Å². The maximum absolute atomic E-state index is 11.0. The monoisotopic (exact) mass is 236 g/mol. The molecule has 1 saturated heterocycles. The second-order valence-electron chi connectivity index (χ2n) is 4.17. The van der Waals surface area contributed by atoms with Crippen LogP contribution in [0.5, 0.6) is 0 Å². The molecule has 0 amide bonds. The lowest BCUT2D eigenvalue weighted by Gasteiger charge is -2.11. The number of carboxylic acids is 1. The molecule has 0 aliphatic carbocycles. The van der Waals surface area contributed by atoms with E-state index in [9.17, 15) is 4.79 Å². The number of anilines is 1. The van der Waals surface area contributed by atoms with Gasteiger partial charge in [0.15, 0.2) is 0 Å². The molecule has 17 heavy (non-hydrogen) atoms. The summed E-state index contributed by atoms with van der Waals surface area (Å²) in [5.74, 6) is -0.341. The summed E-state index contributed by atoms with van der Waals surface area (Å²) in [7, 11) is 0. The van der Waals surface area contributed by atoms with Crippen molar-refractivity contribution in [1.82, 2.24) is 4.98 Å². The van der Waals surface area contributed by atoms with Gasteiger partial charge in [-0.2, -0.15) is 0 Å². The maximum atomic E-state index is 11.0. The average Bonchev–Trinajstić information content (AvgIpc) is 2.82. The molecule has 0 radical (unpaired) electrons.